The van der Waals surface area contributed by atoms with Crippen molar-refractivity contribution in [2.45, 2.75) is 25.3 Å². The summed E-state index contributed by atoms with van der Waals surface area (Å²) in [6.07, 6.45) is 5.54. The highest BCUT2D eigenvalue weighted by Crippen LogP contribution is 2.48. The number of hydrogen-bond acceptors (Lipinski definition) is 3. The van der Waals surface area contributed by atoms with Crippen molar-refractivity contribution in [1.29, 1.82) is 0 Å². The van der Waals surface area contributed by atoms with E-state index in [2.05, 4.69) is 4.90 Å². The Kier molecular flexibility index (Phi) is 6.29. The van der Waals surface area contributed by atoms with Crippen molar-refractivity contribution in [3.63, 3.8) is 0 Å². The summed E-state index contributed by atoms with van der Waals surface area (Å²) in [5, 5.41) is 2.18. The number of nitrogens with zero attached hydrogens (tertiary/aromatic N) is 1. The fourth-order valence-electron chi connectivity index (χ4n) is 3.73. The van der Waals surface area contributed by atoms with Crippen molar-refractivity contribution in [2.75, 3.05) is 19.7 Å². The smallest absolute Gasteiger partial charge is 0.150 e. The lowest BCUT2D eigenvalue weighted by Gasteiger charge is -2.32. The van der Waals surface area contributed by atoms with Crippen LogP contribution in [0.3, 0.4) is 0 Å². The second kappa shape index (κ2) is 8.73. The second-order valence-electron chi connectivity index (χ2n) is 6.90. The Morgan fingerprint density at radius 2 is 1.71 bits per heavy atom. The van der Waals surface area contributed by atoms with Crippen LogP contribution in [0.15, 0.2) is 42.2 Å². The van der Waals surface area contributed by atoms with E-state index >= 15 is 0 Å². The zero-order chi connectivity index (χ0) is 19.7. The molecule has 0 radical (unpaired) electrons. The zero-order valence-electron chi connectivity index (χ0n) is 15.1. The molecule has 2 aliphatic heterocycles. The second-order valence-corrected chi connectivity index (χ2v) is 8.59. The lowest BCUT2D eigenvalue weighted by molar-refractivity contribution is 0.170. The first-order valence-electron chi connectivity index (χ1n) is 9.21. The summed E-state index contributed by atoms with van der Waals surface area (Å²) in [6.45, 7) is 2.35. The fraction of sp³-hybridized carbons (Fsp3) is 0.333. The van der Waals surface area contributed by atoms with Crippen LogP contribution in [-0.2, 0) is 0 Å². The van der Waals surface area contributed by atoms with Gasteiger partial charge in [-0.1, -0.05) is 52.8 Å². The maximum Gasteiger partial charge on any atom is 0.150 e. The summed E-state index contributed by atoms with van der Waals surface area (Å²) in [6, 6.07) is 8.81. The summed E-state index contributed by atoms with van der Waals surface area (Å²) in [5.41, 5.74) is 1.01. The molecule has 2 aliphatic rings. The quantitative estimate of drug-likeness (QED) is 0.484. The Labute approximate surface area is 184 Å². The minimum Gasteiger partial charge on any atom is -0.488 e. The Morgan fingerprint density at radius 3 is 2.46 bits per heavy atom. The molecule has 0 aliphatic carbocycles. The van der Waals surface area contributed by atoms with Crippen LogP contribution in [0.5, 0.6) is 11.5 Å². The molecule has 0 N–H and O–H groups in total. The monoisotopic (exact) mass is 457 g/mol. The standard InChI is InChI=1S/C21H19Cl4NO2/c22-13-4-5-18(16(24)11-13)27-9-6-19-20(26-7-2-1-3-8-26)15-10-14(23)12-17(25)21(15)28-19/h4-6,10-12,20H,1-3,7-9H2. The van der Waals surface area contributed by atoms with Crippen LogP contribution < -0.4 is 9.47 Å². The molecule has 1 atom stereocenters. The molecule has 0 aromatic heterocycles. The van der Waals surface area contributed by atoms with E-state index in [1.165, 1.54) is 19.3 Å². The number of piperidine rings is 1. The average molecular weight is 459 g/mol. The molecule has 148 valence electrons. The summed E-state index contributed by atoms with van der Waals surface area (Å²) in [5.74, 6) is 2.07. The summed E-state index contributed by atoms with van der Waals surface area (Å²) < 4.78 is 12.0. The molecule has 2 aromatic rings. The minimum atomic E-state index is -0.00390. The third-order valence-corrected chi connectivity index (χ3v) is 6.02. The third kappa shape index (κ3) is 4.24. The minimum absolute atomic E-state index is 0.00390. The van der Waals surface area contributed by atoms with Crippen LogP contribution >= 0.6 is 46.4 Å². The molecule has 0 amide bonds. The van der Waals surface area contributed by atoms with Gasteiger partial charge < -0.3 is 9.47 Å². The van der Waals surface area contributed by atoms with Crippen LogP contribution in [0.4, 0.5) is 0 Å². The van der Waals surface area contributed by atoms with E-state index in [0.717, 1.165) is 24.4 Å². The fourth-order valence-corrected chi connectivity index (χ4v) is 4.74. The highest BCUT2D eigenvalue weighted by Gasteiger charge is 2.36. The number of ether oxygens (including phenoxy) is 2. The van der Waals surface area contributed by atoms with E-state index in [1.807, 2.05) is 12.1 Å². The van der Waals surface area contributed by atoms with Gasteiger partial charge in [0.2, 0.25) is 0 Å². The lowest BCUT2D eigenvalue weighted by Crippen LogP contribution is -2.34. The Bertz CT molecular complexity index is 910. The van der Waals surface area contributed by atoms with Crippen molar-refractivity contribution in [3.8, 4) is 11.5 Å². The van der Waals surface area contributed by atoms with Crippen molar-refractivity contribution in [1.82, 2.24) is 4.90 Å². The van der Waals surface area contributed by atoms with Gasteiger partial charge in [0.25, 0.3) is 0 Å². The number of fused-ring (bicyclic) bond motifs is 1. The lowest BCUT2D eigenvalue weighted by atomic mass is 10.0. The van der Waals surface area contributed by atoms with Gasteiger partial charge in [-0.25, -0.2) is 0 Å². The van der Waals surface area contributed by atoms with E-state index < -0.39 is 0 Å². The first kappa shape index (κ1) is 20.2. The zero-order valence-corrected chi connectivity index (χ0v) is 18.1. The molecular formula is C21H19Cl4NO2. The SMILES string of the molecule is Clc1ccc(OCC=C2Oc3c(Cl)cc(Cl)cc3C2N2CCCCC2)c(Cl)c1. The highest BCUT2D eigenvalue weighted by atomic mass is 35.5. The van der Waals surface area contributed by atoms with Gasteiger partial charge in [-0.05, 0) is 62.3 Å². The first-order valence-corrected chi connectivity index (χ1v) is 10.7. The van der Waals surface area contributed by atoms with Gasteiger partial charge in [0.05, 0.1) is 16.1 Å². The molecule has 1 fully saturated rings. The Hall–Kier alpha value is -1.10. The van der Waals surface area contributed by atoms with Crippen LogP contribution in [0.25, 0.3) is 0 Å². The predicted octanol–water partition coefficient (Wildman–Crippen LogP) is 7.18. The Morgan fingerprint density at radius 1 is 0.964 bits per heavy atom. The molecule has 0 saturated carbocycles. The Balaban J connectivity index is 1.59. The summed E-state index contributed by atoms with van der Waals surface area (Å²) in [7, 11) is 0. The van der Waals surface area contributed by atoms with Crippen LogP contribution in [-0.4, -0.2) is 24.6 Å². The van der Waals surface area contributed by atoms with Gasteiger partial charge in [0.1, 0.15) is 18.1 Å². The number of rotatable bonds is 4. The molecule has 4 rings (SSSR count). The van der Waals surface area contributed by atoms with E-state index in [-0.39, 0.29) is 6.04 Å². The van der Waals surface area contributed by atoms with Crippen LogP contribution in [0, 0.1) is 0 Å². The molecule has 2 heterocycles. The van der Waals surface area contributed by atoms with E-state index in [9.17, 15) is 0 Å². The molecule has 1 saturated heterocycles. The van der Waals surface area contributed by atoms with Crippen LogP contribution in [0.2, 0.25) is 20.1 Å². The molecule has 1 unspecified atom stereocenters. The predicted molar refractivity (Wildman–Crippen MR) is 115 cm³/mol. The number of halogens is 4. The first-order chi connectivity index (χ1) is 13.5. The van der Waals surface area contributed by atoms with Gasteiger partial charge in [0, 0.05) is 15.6 Å². The van der Waals surface area contributed by atoms with Crippen molar-refractivity contribution in [3.05, 3.63) is 67.8 Å². The maximum absolute atomic E-state index is 6.39. The number of benzene rings is 2. The molecule has 0 bridgehead atoms. The largest absolute Gasteiger partial charge is 0.488 e. The summed E-state index contributed by atoms with van der Waals surface area (Å²) in [4.78, 5) is 2.42. The van der Waals surface area contributed by atoms with E-state index in [0.29, 0.717) is 38.2 Å². The summed E-state index contributed by atoms with van der Waals surface area (Å²) >= 11 is 24.8. The van der Waals surface area contributed by atoms with Gasteiger partial charge in [0.15, 0.2) is 5.75 Å². The molecule has 28 heavy (non-hydrogen) atoms. The molecule has 3 nitrogen and oxygen atoms in total. The maximum atomic E-state index is 6.39. The third-order valence-electron chi connectivity index (χ3n) is 4.99. The van der Waals surface area contributed by atoms with E-state index in [4.69, 9.17) is 55.9 Å². The average Bonchev–Trinajstić information content (AvgIpc) is 3.03. The van der Waals surface area contributed by atoms with Gasteiger partial charge >= 0.3 is 0 Å². The number of likely N-dealkylation sites (tertiary alicyclic amines) is 1. The van der Waals surface area contributed by atoms with Gasteiger partial charge in [-0.3, -0.25) is 4.90 Å². The molecule has 7 heteroatoms. The van der Waals surface area contributed by atoms with Crippen molar-refractivity contribution >= 4 is 46.4 Å². The number of hydrogen-bond donors (Lipinski definition) is 0. The molecular weight excluding hydrogens is 440 g/mol. The molecule has 2 aromatic carbocycles. The van der Waals surface area contributed by atoms with Gasteiger partial charge in [-0.2, -0.15) is 0 Å². The van der Waals surface area contributed by atoms with E-state index in [1.54, 1.807) is 24.3 Å². The van der Waals surface area contributed by atoms with Crippen molar-refractivity contribution in [2.24, 2.45) is 0 Å². The topological polar surface area (TPSA) is 21.7 Å². The molecule has 0 spiro atoms. The van der Waals surface area contributed by atoms with Crippen molar-refractivity contribution < 1.29 is 9.47 Å². The highest BCUT2D eigenvalue weighted by molar-refractivity contribution is 6.36. The van der Waals surface area contributed by atoms with Gasteiger partial charge in [-0.15, -0.1) is 0 Å². The normalized spacial score (nSPS) is 20.9. The van der Waals surface area contributed by atoms with Crippen LogP contribution in [0.1, 0.15) is 30.9 Å².